The van der Waals surface area contributed by atoms with E-state index in [2.05, 4.69) is 16.9 Å². The van der Waals surface area contributed by atoms with Gasteiger partial charge in [0.15, 0.2) is 0 Å². The summed E-state index contributed by atoms with van der Waals surface area (Å²) in [7, 11) is 0. The molecule has 18 heavy (non-hydrogen) atoms. The topological polar surface area (TPSA) is 63.1 Å². The summed E-state index contributed by atoms with van der Waals surface area (Å²) in [5, 5.41) is 8.97. The van der Waals surface area contributed by atoms with Crippen LogP contribution in [-0.2, 0) is 11.2 Å². The molecule has 3 unspecified atom stereocenters. The molecule has 1 aromatic rings. The lowest BCUT2D eigenvalue weighted by Gasteiger charge is -2.13. The molecule has 0 aliphatic heterocycles. The molecule has 4 nitrogen and oxygen atoms in total. The fraction of sp³-hybridized carbons (Fsp3) is 0.643. The van der Waals surface area contributed by atoms with E-state index in [4.69, 9.17) is 5.11 Å². The minimum Gasteiger partial charge on any atom is -0.481 e. The Morgan fingerprint density at radius 1 is 1.39 bits per heavy atom. The highest BCUT2D eigenvalue weighted by molar-refractivity contribution is 5.70. The van der Waals surface area contributed by atoms with Crippen LogP contribution >= 0.6 is 0 Å². The van der Waals surface area contributed by atoms with Gasteiger partial charge >= 0.3 is 5.97 Å². The summed E-state index contributed by atoms with van der Waals surface area (Å²) in [6.45, 7) is 7.83. The van der Waals surface area contributed by atoms with E-state index in [1.54, 1.807) is 6.92 Å². The van der Waals surface area contributed by atoms with Gasteiger partial charge in [0.05, 0.1) is 5.92 Å². The lowest BCUT2D eigenvalue weighted by atomic mass is 9.99. The maximum atomic E-state index is 10.9. The van der Waals surface area contributed by atoms with E-state index in [0.29, 0.717) is 18.3 Å². The van der Waals surface area contributed by atoms with Gasteiger partial charge in [0.2, 0.25) is 0 Å². The first kappa shape index (κ1) is 13.0. The zero-order chi connectivity index (χ0) is 13.4. The van der Waals surface area contributed by atoms with Gasteiger partial charge in [-0.15, -0.1) is 0 Å². The number of hydrogen-bond donors (Lipinski definition) is 1. The molecule has 0 saturated heterocycles. The lowest BCUT2D eigenvalue weighted by Crippen LogP contribution is -2.15. The normalized spacial score (nSPS) is 23.8. The first-order chi connectivity index (χ1) is 8.40. The number of aryl methyl sites for hydroxylation is 2. The highest BCUT2D eigenvalue weighted by Gasteiger charge is 2.37. The Hall–Kier alpha value is -1.45. The molecule has 2 rings (SSSR count). The van der Waals surface area contributed by atoms with E-state index >= 15 is 0 Å². The van der Waals surface area contributed by atoms with Crippen molar-refractivity contribution in [3.63, 3.8) is 0 Å². The first-order valence-electron chi connectivity index (χ1n) is 6.47. The van der Waals surface area contributed by atoms with E-state index in [1.807, 2.05) is 13.8 Å². The number of carboxylic acids is 1. The largest absolute Gasteiger partial charge is 0.481 e. The molecule has 0 amide bonds. The number of carboxylic acid groups (broad SMARTS) is 1. The predicted molar refractivity (Wildman–Crippen MR) is 68.5 cm³/mol. The molecule has 1 saturated carbocycles. The van der Waals surface area contributed by atoms with Crippen molar-refractivity contribution in [2.75, 3.05) is 0 Å². The quantitative estimate of drug-likeness (QED) is 0.889. The molecular weight excluding hydrogens is 228 g/mol. The summed E-state index contributed by atoms with van der Waals surface area (Å²) in [5.41, 5.74) is 2.86. The first-order valence-corrected chi connectivity index (χ1v) is 6.47. The molecule has 4 heteroatoms. The molecule has 3 atom stereocenters. The van der Waals surface area contributed by atoms with Crippen LogP contribution in [0.15, 0.2) is 0 Å². The second-order valence-corrected chi connectivity index (χ2v) is 5.49. The molecule has 1 aromatic heterocycles. The van der Waals surface area contributed by atoms with Crippen molar-refractivity contribution in [3.8, 4) is 0 Å². The number of nitrogens with zero attached hydrogens (tertiary/aromatic N) is 2. The van der Waals surface area contributed by atoms with Crippen LogP contribution in [0.5, 0.6) is 0 Å². The Balaban J connectivity index is 2.24. The van der Waals surface area contributed by atoms with Gasteiger partial charge in [0.1, 0.15) is 5.82 Å². The third kappa shape index (κ3) is 2.52. The molecule has 1 fully saturated rings. The van der Waals surface area contributed by atoms with Crippen molar-refractivity contribution in [1.29, 1.82) is 0 Å². The highest BCUT2D eigenvalue weighted by Crippen LogP contribution is 2.45. The van der Waals surface area contributed by atoms with Crippen molar-refractivity contribution in [3.05, 3.63) is 22.8 Å². The Bertz CT molecular complexity index is 462. The molecular formula is C14H20N2O2. The minimum atomic E-state index is -0.770. The summed E-state index contributed by atoms with van der Waals surface area (Å²) < 4.78 is 0. The van der Waals surface area contributed by atoms with Crippen LogP contribution < -0.4 is 0 Å². The van der Waals surface area contributed by atoms with Gasteiger partial charge in [-0.05, 0) is 38.2 Å². The smallest absolute Gasteiger partial charge is 0.306 e. The van der Waals surface area contributed by atoms with E-state index in [1.165, 1.54) is 6.42 Å². The second-order valence-electron chi connectivity index (χ2n) is 5.49. The van der Waals surface area contributed by atoms with Crippen LogP contribution in [0.1, 0.15) is 49.0 Å². The number of aliphatic carboxylic acids is 1. The molecule has 1 heterocycles. The van der Waals surface area contributed by atoms with Gasteiger partial charge < -0.3 is 5.11 Å². The van der Waals surface area contributed by atoms with E-state index in [-0.39, 0.29) is 0 Å². The monoisotopic (exact) mass is 248 g/mol. The van der Waals surface area contributed by atoms with Crippen LogP contribution in [0.25, 0.3) is 0 Å². The standard InChI is InChI=1S/C14H20N2O2/c1-7-5-11(7)13-15-9(3)12(10(4)16-13)6-8(2)14(17)18/h7-8,11H,5-6H2,1-4H3,(H,17,18). The van der Waals surface area contributed by atoms with Crippen LogP contribution in [0.3, 0.4) is 0 Å². The fourth-order valence-corrected chi connectivity index (χ4v) is 2.30. The molecule has 0 bridgehead atoms. The number of rotatable bonds is 4. The summed E-state index contributed by atoms with van der Waals surface area (Å²) in [5.74, 6) is 0.968. The molecule has 98 valence electrons. The Morgan fingerprint density at radius 2 is 1.89 bits per heavy atom. The van der Waals surface area contributed by atoms with Crippen LogP contribution in [0, 0.1) is 25.7 Å². The third-order valence-electron chi connectivity index (χ3n) is 3.81. The molecule has 1 aliphatic rings. The predicted octanol–water partition coefficient (Wildman–Crippen LogP) is 2.48. The molecule has 1 N–H and O–H groups in total. The van der Waals surface area contributed by atoms with E-state index in [9.17, 15) is 4.79 Å². The van der Waals surface area contributed by atoms with Gasteiger partial charge in [-0.25, -0.2) is 9.97 Å². The Morgan fingerprint density at radius 3 is 2.28 bits per heavy atom. The van der Waals surface area contributed by atoms with Gasteiger partial charge in [-0.1, -0.05) is 13.8 Å². The maximum absolute atomic E-state index is 10.9. The minimum absolute atomic E-state index is 0.392. The summed E-state index contributed by atoms with van der Waals surface area (Å²) in [6.07, 6.45) is 1.68. The van der Waals surface area contributed by atoms with Crippen LogP contribution in [0.2, 0.25) is 0 Å². The maximum Gasteiger partial charge on any atom is 0.306 e. The average Bonchev–Trinajstić information content (AvgIpc) is 3.00. The van der Waals surface area contributed by atoms with Crippen molar-refractivity contribution >= 4 is 5.97 Å². The number of hydrogen-bond acceptors (Lipinski definition) is 3. The van der Waals surface area contributed by atoms with Crippen molar-refractivity contribution in [2.45, 2.75) is 46.5 Å². The van der Waals surface area contributed by atoms with E-state index < -0.39 is 11.9 Å². The molecule has 0 radical (unpaired) electrons. The molecule has 0 spiro atoms. The Labute approximate surface area is 107 Å². The van der Waals surface area contributed by atoms with Crippen LogP contribution in [-0.4, -0.2) is 21.0 Å². The number of carbonyl (C=O) groups is 1. The summed E-state index contributed by atoms with van der Waals surface area (Å²) in [4.78, 5) is 20.0. The number of aromatic nitrogens is 2. The van der Waals surface area contributed by atoms with Gasteiger partial charge in [0, 0.05) is 17.3 Å². The van der Waals surface area contributed by atoms with Gasteiger partial charge in [-0.2, -0.15) is 0 Å². The zero-order valence-corrected chi connectivity index (χ0v) is 11.4. The van der Waals surface area contributed by atoms with Crippen molar-refractivity contribution < 1.29 is 9.90 Å². The second kappa shape index (κ2) is 4.67. The van der Waals surface area contributed by atoms with E-state index in [0.717, 1.165) is 22.8 Å². The Kier molecular flexibility index (Phi) is 3.37. The summed E-state index contributed by atoms with van der Waals surface area (Å²) in [6, 6.07) is 0. The van der Waals surface area contributed by atoms with Crippen molar-refractivity contribution in [2.24, 2.45) is 11.8 Å². The molecule has 1 aliphatic carbocycles. The van der Waals surface area contributed by atoms with Gasteiger partial charge in [0.25, 0.3) is 0 Å². The van der Waals surface area contributed by atoms with Crippen LogP contribution in [0.4, 0.5) is 0 Å². The molecule has 0 aromatic carbocycles. The average molecular weight is 248 g/mol. The SMILES string of the molecule is Cc1nc(C2CC2C)nc(C)c1CC(C)C(=O)O. The lowest BCUT2D eigenvalue weighted by molar-refractivity contribution is -0.141. The fourth-order valence-electron chi connectivity index (χ4n) is 2.30. The van der Waals surface area contributed by atoms with Gasteiger partial charge in [-0.3, -0.25) is 4.79 Å². The zero-order valence-electron chi connectivity index (χ0n) is 11.4. The highest BCUT2D eigenvalue weighted by atomic mass is 16.4. The third-order valence-corrected chi connectivity index (χ3v) is 3.81. The summed E-state index contributed by atoms with van der Waals surface area (Å²) >= 11 is 0. The van der Waals surface area contributed by atoms with Crippen molar-refractivity contribution in [1.82, 2.24) is 9.97 Å².